The Hall–Kier alpha value is -4.07. The van der Waals surface area contributed by atoms with E-state index in [1.54, 1.807) is 52.0 Å². The molecule has 0 spiro atoms. The Kier molecular flexibility index (Phi) is 16.5. The number of nitrogens with zero attached hydrogens (tertiary/aromatic N) is 1. The summed E-state index contributed by atoms with van der Waals surface area (Å²) in [5.74, 6) is 0.307. The average Bonchev–Trinajstić information content (AvgIpc) is 2.93. The van der Waals surface area contributed by atoms with Gasteiger partial charge in [-0.15, -0.1) is 6.42 Å². The van der Waals surface area contributed by atoms with Gasteiger partial charge in [-0.3, -0.25) is 19.2 Å². The van der Waals surface area contributed by atoms with Crippen LogP contribution in [0.2, 0.25) is 0 Å². The smallest absolute Gasteiger partial charge is 0.408 e. The van der Waals surface area contributed by atoms with Gasteiger partial charge in [-0.1, -0.05) is 56.7 Å². The van der Waals surface area contributed by atoms with Gasteiger partial charge in [0.05, 0.1) is 13.0 Å². The summed E-state index contributed by atoms with van der Waals surface area (Å²) in [6, 6.07) is 4.37. The molecule has 4 amide bonds. The van der Waals surface area contributed by atoms with Crippen molar-refractivity contribution in [2.45, 2.75) is 104 Å². The van der Waals surface area contributed by atoms with Crippen molar-refractivity contribution in [2.24, 2.45) is 5.73 Å². The van der Waals surface area contributed by atoms with Crippen molar-refractivity contribution in [1.82, 2.24) is 15.5 Å². The number of carbonyl (C=O) groups is 5. The fourth-order valence-corrected chi connectivity index (χ4v) is 4.38. The van der Waals surface area contributed by atoms with Crippen LogP contribution in [0, 0.1) is 12.3 Å². The van der Waals surface area contributed by atoms with Crippen LogP contribution in [0.25, 0.3) is 0 Å². The van der Waals surface area contributed by atoms with E-state index in [0.29, 0.717) is 17.5 Å². The Bertz CT molecular complexity index is 1120. The summed E-state index contributed by atoms with van der Waals surface area (Å²) in [6.07, 6.45) is 8.95. The first kappa shape index (κ1) is 37.0. The molecule has 2 atom stereocenters. The number of benzene rings is 1. The van der Waals surface area contributed by atoms with Gasteiger partial charge in [0.15, 0.2) is 0 Å². The Morgan fingerprint density at radius 1 is 1.02 bits per heavy atom. The number of nitrogens with two attached hydrogens (primary N) is 1. The monoisotopic (exact) mass is 600 g/mol. The number of ether oxygens (including phenoxy) is 2. The van der Waals surface area contributed by atoms with Crippen LogP contribution in [0.4, 0.5) is 4.79 Å². The van der Waals surface area contributed by atoms with Gasteiger partial charge in [0.1, 0.15) is 17.7 Å². The minimum atomic E-state index is -1.22. The lowest BCUT2D eigenvalue weighted by molar-refractivity contribution is -0.144. The van der Waals surface area contributed by atoms with Crippen LogP contribution in [0.1, 0.15) is 103 Å². The van der Waals surface area contributed by atoms with E-state index < -0.39 is 47.5 Å². The fraction of sp³-hybridized carbons (Fsp3) is 0.594. The summed E-state index contributed by atoms with van der Waals surface area (Å²) in [5.41, 5.74) is 5.36. The minimum Gasteiger partial charge on any atom is -0.466 e. The van der Waals surface area contributed by atoms with E-state index in [2.05, 4.69) is 23.5 Å². The molecule has 1 aromatic rings. The minimum absolute atomic E-state index is 0.0216. The van der Waals surface area contributed by atoms with Gasteiger partial charge in [0.2, 0.25) is 17.7 Å². The molecule has 0 aromatic heterocycles. The zero-order valence-corrected chi connectivity index (χ0v) is 26.2. The third-order valence-electron chi connectivity index (χ3n) is 6.36. The third kappa shape index (κ3) is 14.1. The van der Waals surface area contributed by atoms with Crippen molar-refractivity contribution in [3.8, 4) is 12.3 Å². The summed E-state index contributed by atoms with van der Waals surface area (Å²) in [7, 11) is 0. The predicted octanol–water partition coefficient (Wildman–Crippen LogP) is 3.74. The molecule has 43 heavy (non-hydrogen) atoms. The molecule has 4 N–H and O–H groups in total. The van der Waals surface area contributed by atoms with Crippen molar-refractivity contribution in [3.63, 3.8) is 0 Å². The number of terminal acetylenes is 1. The van der Waals surface area contributed by atoms with Crippen molar-refractivity contribution in [1.29, 1.82) is 0 Å². The van der Waals surface area contributed by atoms with Crippen molar-refractivity contribution >= 4 is 29.8 Å². The second-order valence-corrected chi connectivity index (χ2v) is 11.1. The van der Waals surface area contributed by atoms with Crippen molar-refractivity contribution in [3.05, 3.63) is 35.4 Å². The summed E-state index contributed by atoms with van der Waals surface area (Å²) < 4.78 is 10.3. The molecule has 0 radical (unpaired) electrons. The second-order valence-electron chi connectivity index (χ2n) is 11.1. The molecule has 238 valence electrons. The van der Waals surface area contributed by atoms with Crippen LogP contribution in [0.5, 0.6) is 0 Å². The molecular formula is C32H48N4O7. The number of primary amides is 1. The Balaban J connectivity index is 3.55. The third-order valence-corrected chi connectivity index (χ3v) is 6.36. The van der Waals surface area contributed by atoms with E-state index in [-0.39, 0.29) is 39.0 Å². The van der Waals surface area contributed by atoms with Gasteiger partial charge in [0, 0.05) is 25.1 Å². The highest BCUT2D eigenvalue weighted by molar-refractivity contribution is 5.93. The molecule has 0 heterocycles. The number of hydrogen-bond donors (Lipinski definition) is 3. The largest absolute Gasteiger partial charge is 0.466 e. The van der Waals surface area contributed by atoms with Gasteiger partial charge in [0.25, 0.3) is 0 Å². The Morgan fingerprint density at radius 3 is 2.30 bits per heavy atom. The van der Waals surface area contributed by atoms with Crippen LogP contribution in [0.15, 0.2) is 24.3 Å². The molecule has 2 unspecified atom stereocenters. The second kappa shape index (κ2) is 19.2. The van der Waals surface area contributed by atoms with E-state index in [9.17, 15) is 24.0 Å². The van der Waals surface area contributed by atoms with E-state index in [1.165, 1.54) is 4.90 Å². The number of rotatable bonds is 18. The van der Waals surface area contributed by atoms with Crippen LogP contribution in [-0.2, 0) is 28.7 Å². The molecule has 0 aliphatic carbocycles. The van der Waals surface area contributed by atoms with Gasteiger partial charge in [-0.05, 0) is 52.2 Å². The van der Waals surface area contributed by atoms with Crippen molar-refractivity contribution in [2.75, 3.05) is 19.7 Å². The van der Waals surface area contributed by atoms with Gasteiger partial charge in [-0.2, -0.15) is 0 Å². The van der Waals surface area contributed by atoms with Crippen molar-refractivity contribution < 1.29 is 33.4 Å². The molecule has 11 nitrogen and oxygen atoms in total. The lowest BCUT2D eigenvalue weighted by Gasteiger charge is -2.35. The molecule has 1 rings (SSSR count). The maximum absolute atomic E-state index is 14.3. The zero-order valence-electron chi connectivity index (χ0n) is 26.2. The Labute approximate surface area is 255 Å². The van der Waals surface area contributed by atoms with Crippen LogP contribution >= 0.6 is 0 Å². The van der Waals surface area contributed by atoms with Gasteiger partial charge in [-0.25, -0.2) is 4.79 Å². The number of carbonyl (C=O) groups excluding carboxylic acids is 5. The Morgan fingerprint density at radius 2 is 1.70 bits per heavy atom. The molecule has 0 aliphatic rings. The topological polar surface area (TPSA) is 157 Å². The summed E-state index contributed by atoms with van der Waals surface area (Å²) in [6.45, 7) is 9.19. The number of esters is 1. The highest BCUT2D eigenvalue weighted by atomic mass is 16.6. The van der Waals surface area contributed by atoms with E-state index in [0.717, 1.165) is 25.7 Å². The summed E-state index contributed by atoms with van der Waals surface area (Å²) in [4.78, 5) is 65.8. The molecular weight excluding hydrogens is 552 g/mol. The molecule has 0 bridgehead atoms. The normalized spacial score (nSPS) is 12.3. The highest BCUT2D eigenvalue weighted by Crippen LogP contribution is 2.27. The molecule has 0 aliphatic heterocycles. The predicted molar refractivity (Wildman–Crippen MR) is 163 cm³/mol. The number of alkyl carbamates (subject to hydrolysis) is 1. The standard InChI is InChI=1S/C32H48N4O7/c1-7-10-11-12-15-22-36(30(40)25(18-19-26(33)37)35-31(41)43-32(4,5)6)28(24-17-14-13-16-23(24)8-2)29(39)34-21-20-27(38)42-9-3/h2,13-14,16-17,25,28H,7,9-12,15,18-22H2,1,3-6H3,(H2,33,37)(H,34,39)(H,35,41). The van der Waals surface area contributed by atoms with E-state index in [4.69, 9.17) is 21.6 Å². The highest BCUT2D eigenvalue weighted by Gasteiger charge is 2.37. The van der Waals surface area contributed by atoms with Crippen LogP contribution in [0.3, 0.4) is 0 Å². The van der Waals surface area contributed by atoms with E-state index >= 15 is 0 Å². The lowest BCUT2D eigenvalue weighted by atomic mass is 9.96. The number of amides is 4. The van der Waals surface area contributed by atoms with E-state index in [1.807, 2.05) is 0 Å². The SMILES string of the molecule is C#Cc1ccccc1C(C(=O)NCCC(=O)OCC)N(CCCCCCC)C(=O)C(CCC(N)=O)NC(=O)OC(C)(C)C. The first-order valence-electron chi connectivity index (χ1n) is 14.9. The molecule has 11 heteroatoms. The van der Waals surface area contributed by atoms with Crippen LogP contribution in [-0.4, -0.2) is 66.0 Å². The van der Waals surface area contributed by atoms with Gasteiger partial charge >= 0.3 is 12.1 Å². The maximum Gasteiger partial charge on any atom is 0.408 e. The van der Waals surface area contributed by atoms with Gasteiger partial charge < -0.3 is 30.7 Å². The average molecular weight is 601 g/mol. The molecule has 0 fully saturated rings. The summed E-state index contributed by atoms with van der Waals surface area (Å²) >= 11 is 0. The molecule has 0 saturated carbocycles. The number of nitrogens with one attached hydrogen (secondary N) is 2. The number of hydrogen-bond acceptors (Lipinski definition) is 7. The zero-order chi connectivity index (χ0) is 32.4. The maximum atomic E-state index is 14.3. The van der Waals surface area contributed by atoms with Crippen LogP contribution < -0.4 is 16.4 Å². The first-order valence-corrected chi connectivity index (χ1v) is 14.9. The fourth-order valence-electron chi connectivity index (χ4n) is 4.38. The quantitative estimate of drug-likeness (QED) is 0.132. The molecule has 0 saturated heterocycles. The first-order chi connectivity index (χ1) is 20.3. The summed E-state index contributed by atoms with van der Waals surface area (Å²) in [5, 5.41) is 5.31. The lowest BCUT2D eigenvalue weighted by Crippen LogP contribution is -2.53. The molecule has 1 aromatic carbocycles. The number of unbranched alkanes of at least 4 members (excludes halogenated alkanes) is 4.